The zero-order valence-corrected chi connectivity index (χ0v) is 18.5. The molecule has 0 aliphatic carbocycles. The minimum absolute atomic E-state index is 0.0359. The molecular weight excluding hydrogens is 378 g/mol. The Bertz CT molecular complexity index is 777. The first kappa shape index (κ1) is 22.1. The number of guanidine groups is 1. The van der Waals surface area contributed by atoms with Crippen molar-refractivity contribution >= 4 is 17.8 Å². The maximum absolute atomic E-state index is 12.2. The van der Waals surface area contributed by atoms with E-state index in [4.69, 9.17) is 4.99 Å². The molecule has 2 aliphatic heterocycles. The quantitative estimate of drug-likeness (QED) is 0.530. The van der Waals surface area contributed by atoms with Crippen LogP contribution in [0, 0.1) is 5.92 Å². The van der Waals surface area contributed by atoms with Gasteiger partial charge in [-0.1, -0.05) is 38.1 Å². The number of aliphatic imine (C=N–C) groups is 1. The number of carbonyl (C=O) groups is 2. The van der Waals surface area contributed by atoms with Crippen LogP contribution >= 0.6 is 0 Å². The summed E-state index contributed by atoms with van der Waals surface area (Å²) in [6.07, 6.45) is 2.56. The smallest absolute Gasteiger partial charge is 0.225 e. The van der Waals surface area contributed by atoms with Crippen molar-refractivity contribution in [3.8, 4) is 0 Å². The van der Waals surface area contributed by atoms with Crippen LogP contribution in [-0.2, 0) is 22.7 Å². The van der Waals surface area contributed by atoms with Crippen LogP contribution in [0.3, 0.4) is 0 Å². The molecule has 1 atom stereocenters. The number of hydrogen-bond acceptors (Lipinski definition) is 3. The molecule has 3 rings (SSSR count). The summed E-state index contributed by atoms with van der Waals surface area (Å²) < 4.78 is 0. The highest BCUT2D eigenvalue weighted by Crippen LogP contribution is 2.16. The number of carbonyl (C=O) groups excluding carboxylic acids is 2. The number of nitrogens with zero attached hydrogens (tertiary/aromatic N) is 3. The van der Waals surface area contributed by atoms with E-state index in [9.17, 15) is 9.59 Å². The minimum Gasteiger partial charge on any atom is -0.357 e. The number of nitrogens with one attached hydrogen (secondary N) is 2. The third-order valence-corrected chi connectivity index (χ3v) is 5.63. The Kier molecular flexibility index (Phi) is 7.71. The minimum atomic E-state index is 0.0359. The van der Waals surface area contributed by atoms with E-state index in [-0.39, 0.29) is 23.8 Å². The molecule has 0 aromatic heterocycles. The first-order chi connectivity index (χ1) is 14.5. The van der Waals surface area contributed by atoms with Crippen molar-refractivity contribution in [2.24, 2.45) is 10.9 Å². The predicted octanol–water partition coefficient (Wildman–Crippen LogP) is 2.12. The molecule has 7 heteroatoms. The highest BCUT2D eigenvalue weighted by atomic mass is 16.2. The third kappa shape index (κ3) is 5.97. The van der Waals surface area contributed by atoms with Gasteiger partial charge in [0.1, 0.15) is 0 Å². The summed E-state index contributed by atoms with van der Waals surface area (Å²) in [5.41, 5.74) is 2.27. The maximum Gasteiger partial charge on any atom is 0.225 e. The first-order valence-corrected chi connectivity index (χ1v) is 11.2. The Balaban J connectivity index is 1.57. The molecule has 30 heavy (non-hydrogen) atoms. The Morgan fingerprint density at radius 3 is 2.77 bits per heavy atom. The van der Waals surface area contributed by atoms with E-state index in [1.165, 1.54) is 0 Å². The van der Waals surface area contributed by atoms with E-state index < -0.39 is 0 Å². The Morgan fingerprint density at radius 1 is 1.27 bits per heavy atom. The summed E-state index contributed by atoms with van der Waals surface area (Å²) in [6, 6.07) is 8.53. The first-order valence-electron chi connectivity index (χ1n) is 11.2. The van der Waals surface area contributed by atoms with E-state index >= 15 is 0 Å². The number of hydrogen-bond donors (Lipinski definition) is 2. The van der Waals surface area contributed by atoms with Gasteiger partial charge in [0.05, 0.1) is 6.54 Å². The van der Waals surface area contributed by atoms with Gasteiger partial charge >= 0.3 is 0 Å². The van der Waals surface area contributed by atoms with Crippen LogP contribution in [0.2, 0.25) is 0 Å². The van der Waals surface area contributed by atoms with Crippen LogP contribution < -0.4 is 10.6 Å². The zero-order valence-electron chi connectivity index (χ0n) is 18.5. The number of likely N-dealkylation sites (tertiary alicyclic amines) is 2. The Hall–Kier alpha value is -2.57. The summed E-state index contributed by atoms with van der Waals surface area (Å²) >= 11 is 0. The molecule has 2 N–H and O–H groups in total. The third-order valence-electron chi connectivity index (χ3n) is 5.63. The van der Waals surface area contributed by atoms with Crippen LogP contribution in [0.25, 0.3) is 0 Å². The largest absolute Gasteiger partial charge is 0.357 e. The van der Waals surface area contributed by atoms with Crippen LogP contribution in [-0.4, -0.2) is 59.8 Å². The highest BCUT2D eigenvalue weighted by molar-refractivity contribution is 5.81. The van der Waals surface area contributed by atoms with Gasteiger partial charge in [0, 0.05) is 51.1 Å². The lowest BCUT2D eigenvalue weighted by Gasteiger charge is -2.20. The average molecular weight is 414 g/mol. The van der Waals surface area contributed by atoms with Crippen molar-refractivity contribution in [1.82, 2.24) is 20.4 Å². The zero-order chi connectivity index (χ0) is 21.5. The molecule has 1 aromatic carbocycles. The van der Waals surface area contributed by atoms with Crippen LogP contribution in [0.1, 0.15) is 51.2 Å². The molecule has 2 amide bonds. The van der Waals surface area contributed by atoms with E-state index in [1.54, 1.807) is 0 Å². The molecule has 164 valence electrons. The summed E-state index contributed by atoms with van der Waals surface area (Å²) in [5.74, 6) is 1.28. The summed E-state index contributed by atoms with van der Waals surface area (Å²) in [6.45, 7) is 10.3. The normalized spacial score (nSPS) is 19.7. The molecule has 1 aromatic rings. The number of benzene rings is 1. The monoisotopic (exact) mass is 413 g/mol. The van der Waals surface area contributed by atoms with Crippen LogP contribution in [0.15, 0.2) is 29.3 Å². The van der Waals surface area contributed by atoms with Gasteiger partial charge in [-0.15, -0.1) is 0 Å². The lowest BCUT2D eigenvalue weighted by Crippen LogP contribution is -2.45. The summed E-state index contributed by atoms with van der Waals surface area (Å²) in [5, 5.41) is 6.79. The fourth-order valence-corrected chi connectivity index (χ4v) is 4.05. The molecule has 2 heterocycles. The molecule has 0 radical (unpaired) electrons. The van der Waals surface area contributed by atoms with Gasteiger partial charge in [0.25, 0.3) is 0 Å². The van der Waals surface area contributed by atoms with Gasteiger partial charge in [-0.25, -0.2) is 4.99 Å². The van der Waals surface area contributed by atoms with Crippen molar-refractivity contribution in [3.05, 3.63) is 35.4 Å². The second-order valence-electron chi connectivity index (χ2n) is 8.50. The molecule has 0 saturated carbocycles. The lowest BCUT2D eigenvalue weighted by atomic mass is 10.1. The van der Waals surface area contributed by atoms with Gasteiger partial charge in [-0.2, -0.15) is 0 Å². The summed E-state index contributed by atoms with van der Waals surface area (Å²) in [4.78, 5) is 32.7. The Morgan fingerprint density at radius 2 is 2.07 bits per heavy atom. The van der Waals surface area contributed by atoms with Crippen molar-refractivity contribution in [1.29, 1.82) is 0 Å². The van der Waals surface area contributed by atoms with Gasteiger partial charge in [-0.05, 0) is 30.9 Å². The van der Waals surface area contributed by atoms with Crippen LogP contribution in [0.4, 0.5) is 0 Å². The average Bonchev–Trinajstić information content (AvgIpc) is 3.35. The number of amides is 2. The molecule has 2 aliphatic rings. The fraction of sp³-hybridized carbons (Fsp3) is 0.609. The van der Waals surface area contributed by atoms with Crippen LogP contribution in [0.5, 0.6) is 0 Å². The Labute approximate surface area is 179 Å². The summed E-state index contributed by atoms with van der Waals surface area (Å²) in [7, 11) is 0. The molecule has 2 saturated heterocycles. The van der Waals surface area contributed by atoms with E-state index in [0.29, 0.717) is 19.5 Å². The van der Waals surface area contributed by atoms with E-state index in [1.807, 2.05) is 36.6 Å². The van der Waals surface area contributed by atoms with Crippen molar-refractivity contribution in [2.75, 3.05) is 26.2 Å². The maximum atomic E-state index is 12.2. The topological polar surface area (TPSA) is 77.0 Å². The SMILES string of the molecule is CCNC(=NCc1cccc(CN2CCCC2=O)c1)NC1CCN(C(=O)C(C)C)C1. The molecule has 0 spiro atoms. The van der Waals surface area contributed by atoms with Gasteiger partial charge in [0.2, 0.25) is 11.8 Å². The van der Waals surface area contributed by atoms with Gasteiger partial charge in [0.15, 0.2) is 5.96 Å². The lowest BCUT2D eigenvalue weighted by molar-refractivity contribution is -0.133. The van der Waals surface area contributed by atoms with Gasteiger partial charge < -0.3 is 20.4 Å². The molecule has 7 nitrogen and oxygen atoms in total. The molecule has 1 unspecified atom stereocenters. The molecule has 0 bridgehead atoms. The van der Waals surface area contributed by atoms with Crippen molar-refractivity contribution < 1.29 is 9.59 Å². The second-order valence-corrected chi connectivity index (χ2v) is 8.50. The molecular formula is C23H35N5O2. The van der Waals surface area contributed by atoms with Gasteiger partial charge in [-0.3, -0.25) is 9.59 Å². The second kappa shape index (κ2) is 10.5. The van der Waals surface area contributed by atoms with Crippen molar-refractivity contribution in [3.63, 3.8) is 0 Å². The predicted molar refractivity (Wildman–Crippen MR) is 119 cm³/mol. The van der Waals surface area contributed by atoms with Crippen molar-refractivity contribution in [2.45, 2.75) is 59.2 Å². The standard InChI is InChI=1S/C23H35N5O2/c1-4-24-23(26-20-10-12-28(16-20)22(30)17(2)3)25-14-18-7-5-8-19(13-18)15-27-11-6-9-21(27)29/h5,7-8,13,17,20H,4,6,9-12,14-16H2,1-3H3,(H2,24,25,26). The fourth-order valence-electron chi connectivity index (χ4n) is 4.05. The van der Waals surface area contributed by atoms with E-state index in [0.717, 1.165) is 56.1 Å². The number of rotatable bonds is 7. The molecule has 2 fully saturated rings. The van der Waals surface area contributed by atoms with E-state index in [2.05, 4.69) is 28.8 Å². The highest BCUT2D eigenvalue weighted by Gasteiger charge is 2.28.